The van der Waals surface area contributed by atoms with E-state index in [1.807, 2.05) is 11.3 Å². The summed E-state index contributed by atoms with van der Waals surface area (Å²) in [5.74, 6) is 0. The molecule has 0 saturated carbocycles. The zero-order valence-corrected chi connectivity index (χ0v) is 14.5. The van der Waals surface area contributed by atoms with Gasteiger partial charge in [0.1, 0.15) is 0 Å². The fraction of sp³-hybridized carbons (Fsp3) is 0.286. The Kier molecular flexibility index (Phi) is 5.60. The first-order chi connectivity index (χ1) is 11.4. The second kappa shape index (κ2) is 8.07. The minimum atomic E-state index is 1.09. The molecular weight excluding hydrogens is 298 g/mol. The number of unbranched alkanes of at least 4 members (excludes halogenated alkanes) is 3. The van der Waals surface area contributed by atoms with E-state index in [2.05, 4.69) is 67.6 Å². The van der Waals surface area contributed by atoms with Gasteiger partial charge in [-0.25, -0.2) is 4.98 Å². The van der Waals surface area contributed by atoms with Crippen molar-refractivity contribution in [2.75, 3.05) is 0 Å². The molecule has 1 nitrogen and oxygen atoms in total. The maximum Gasteiger partial charge on any atom is 0.0939 e. The van der Waals surface area contributed by atoms with Crippen molar-refractivity contribution in [2.24, 2.45) is 0 Å². The van der Waals surface area contributed by atoms with Crippen LogP contribution < -0.4 is 0 Å². The number of hydrogen-bond acceptors (Lipinski definition) is 2. The van der Waals surface area contributed by atoms with E-state index in [0.29, 0.717) is 0 Å². The third kappa shape index (κ3) is 4.08. The Morgan fingerprint density at radius 1 is 0.783 bits per heavy atom. The molecule has 0 N–H and O–H groups in total. The molecule has 2 heteroatoms. The Balaban J connectivity index is 1.91. The second-order valence-electron chi connectivity index (χ2n) is 5.83. The Labute approximate surface area is 143 Å². The molecular formula is C21H23NS. The molecule has 0 aliphatic heterocycles. The van der Waals surface area contributed by atoms with Crippen LogP contribution in [0.1, 0.15) is 37.6 Å². The molecule has 0 aliphatic carbocycles. The van der Waals surface area contributed by atoms with E-state index in [9.17, 15) is 0 Å². The van der Waals surface area contributed by atoms with Crippen LogP contribution in [0.3, 0.4) is 0 Å². The summed E-state index contributed by atoms with van der Waals surface area (Å²) in [6.07, 6.45) is 6.24. The van der Waals surface area contributed by atoms with E-state index in [-0.39, 0.29) is 0 Å². The summed E-state index contributed by atoms with van der Waals surface area (Å²) in [6, 6.07) is 21.2. The summed E-state index contributed by atoms with van der Waals surface area (Å²) in [7, 11) is 0. The summed E-state index contributed by atoms with van der Waals surface area (Å²) in [5, 5.41) is 1.26. The minimum Gasteiger partial charge on any atom is -0.241 e. The van der Waals surface area contributed by atoms with Gasteiger partial charge >= 0.3 is 0 Å². The lowest BCUT2D eigenvalue weighted by molar-refractivity contribution is 0.665. The average Bonchev–Trinajstić information content (AvgIpc) is 3.05. The van der Waals surface area contributed by atoms with E-state index >= 15 is 0 Å². The van der Waals surface area contributed by atoms with Crippen molar-refractivity contribution < 1.29 is 0 Å². The molecule has 0 spiro atoms. The Bertz CT molecular complexity index is 659. The number of benzene rings is 2. The smallest absolute Gasteiger partial charge is 0.0939 e. The maximum atomic E-state index is 4.97. The molecule has 0 unspecified atom stereocenters. The van der Waals surface area contributed by atoms with Crippen molar-refractivity contribution in [3.63, 3.8) is 0 Å². The number of rotatable bonds is 7. The van der Waals surface area contributed by atoms with E-state index < -0.39 is 0 Å². The number of thiazole rings is 1. The number of aromatic nitrogens is 1. The molecule has 0 saturated heterocycles. The summed E-state index contributed by atoms with van der Waals surface area (Å²) in [5.41, 5.74) is 3.61. The Morgan fingerprint density at radius 2 is 1.43 bits per heavy atom. The van der Waals surface area contributed by atoms with Crippen LogP contribution in [0.25, 0.3) is 21.7 Å². The van der Waals surface area contributed by atoms with Crippen LogP contribution in [0.5, 0.6) is 0 Å². The normalized spacial score (nSPS) is 10.8. The fourth-order valence-corrected chi connectivity index (χ4v) is 3.88. The zero-order chi connectivity index (χ0) is 15.9. The highest BCUT2D eigenvalue weighted by Gasteiger charge is 2.14. The molecule has 0 radical (unpaired) electrons. The quantitative estimate of drug-likeness (QED) is 0.447. The van der Waals surface area contributed by atoms with Crippen molar-refractivity contribution in [2.45, 2.75) is 39.0 Å². The van der Waals surface area contributed by atoms with Gasteiger partial charge in [0.2, 0.25) is 0 Å². The molecule has 23 heavy (non-hydrogen) atoms. The van der Waals surface area contributed by atoms with Crippen molar-refractivity contribution in [1.29, 1.82) is 0 Å². The highest BCUT2D eigenvalue weighted by atomic mass is 32.1. The van der Waals surface area contributed by atoms with E-state index in [1.165, 1.54) is 46.7 Å². The third-order valence-corrected chi connectivity index (χ3v) is 5.16. The molecule has 1 heterocycles. The van der Waals surface area contributed by atoms with Gasteiger partial charge in [0, 0.05) is 5.56 Å². The highest BCUT2D eigenvalue weighted by Crippen LogP contribution is 2.37. The summed E-state index contributed by atoms with van der Waals surface area (Å²) in [4.78, 5) is 6.27. The minimum absolute atomic E-state index is 1.09. The summed E-state index contributed by atoms with van der Waals surface area (Å²) in [6.45, 7) is 2.25. The topological polar surface area (TPSA) is 12.9 Å². The van der Waals surface area contributed by atoms with Crippen molar-refractivity contribution in [3.8, 4) is 21.7 Å². The van der Waals surface area contributed by atoms with Crippen LogP contribution in [0.15, 0.2) is 60.7 Å². The van der Waals surface area contributed by atoms with Gasteiger partial charge in [-0.3, -0.25) is 0 Å². The largest absolute Gasteiger partial charge is 0.241 e. The molecule has 0 aliphatic rings. The van der Waals surface area contributed by atoms with Crippen molar-refractivity contribution in [1.82, 2.24) is 4.98 Å². The Hall–Kier alpha value is -1.93. The lowest BCUT2D eigenvalue weighted by Crippen LogP contribution is -1.86. The third-order valence-electron chi connectivity index (χ3n) is 4.00. The molecule has 3 rings (SSSR count). The van der Waals surface area contributed by atoms with Crippen LogP contribution in [-0.2, 0) is 6.42 Å². The first kappa shape index (κ1) is 15.9. The van der Waals surface area contributed by atoms with Gasteiger partial charge in [0.25, 0.3) is 0 Å². The molecule has 0 bridgehead atoms. The monoisotopic (exact) mass is 321 g/mol. The molecule has 3 aromatic rings. The number of aryl methyl sites for hydroxylation is 1. The first-order valence-corrected chi connectivity index (χ1v) is 9.30. The van der Waals surface area contributed by atoms with Gasteiger partial charge in [-0.15, -0.1) is 11.3 Å². The van der Waals surface area contributed by atoms with E-state index in [1.54, 1.807) is 0 Å². The van der Waals surface area contributed by atoms with Crippen LogP contribution in [0, 0.1) is 0 Å². The predicted molar refractivity (Wildman–Crippen MR) is 101 cm³/mol. The van der Waals surface area contributed by atoms with Crippen LogP contribution in [0.4, 0.5) is 0 Å². The molecule has 2 aromatic carbocycles. The molecule has 0 amide bonds. The first-order valence-electron chi connectivity index (χ1n) is 8.49. The average molecular weight is 321 g/mol. The van der Waals surface area contributed by atoms with Crippen molar-refractivity contribution in [3.05, 3.63) is 65.7 Å². The molecule has 0 fully saturated rings. The van der Waals surface area contributed by atoms with Crippen LogP contribution >= 0.6 is 11.3 Å². The van der Waals surface area contributed by atoms with E-state index in [4.69, 9.17) is 4.98 Å². The van der Waals surface area contributed by atoms with Gasteiger partial charge in [-0.1, -0.05) is 86.8 Å². The van der Waals surface area contributed by atoms with Gasteiger partial charge in [0.15, 0.2) is 0 Å². The fourth-order valence-electron chi connectivity index (χ4n) is 2.75. The van der Waals surface area contributed by atoms with Crippen molar-refractivity contribution >= 4 is 11.3 Å². The summed E-state index contributed by atoms with van der Waals surface area (Å²) < 4.78 is 0. The van der Waals surface area contributed by atoms with Gasteiger partial charge in [-0.2, -0.15) is 0 Å². The predicted octanol–water partition coefficient (Wildman–Crippen LogP) is 6.60. The number of hydrogen-bond donors (Lipinski definition) is 0. The van der Waals surface area contributed by atoms with E-state index in [0.717, 1.165) is 12.1 Å². The second-order valence-corrected chi connectivity index (χ2v) is 6.91. The molecule has 0 atom stereocenters. The van der Waals surface area contributed by atoms with Gasteiger partial charge < -0.3 is 0 Å². The summed E-state index contributed by atoms with van der Waals surface area (Å²) >= 11 is 1.85. The lowest BCUT2D eigenvalue weighted by atomic mass is 10.1. The van der Waals surface area contributed by atoms with Crippen LogP contribution in [0.2, 0.25) is 0 Å². The van der Waals surface area contributed by atoms with Crippen LogP contribution in [-0.4, -0.2) is 4.98 Å². The van der Waals surface area contributed by atoms with Gasteiger partial charge in [0.05, 0.1) is 15.6 Å². The maximum absolute atomic E-state index is 4.97. The van der Waals surface area contributed by atoms with Gasteiger partial charge in [-0.05, 0) is 18.4 Å². The molecule has 1 aromatic heterocycles. The SMILES string of the molecule is CCCCCCc1nc(-c2ccccc2)c(-c2ccccc2)s1. The standard InChI is InChI=1S/C21H23NS/c1-2-3-4-11-16-19-22-20(17-12-7-5-8-13-17)21(23-19)18-14-9-6-10-15-18/h5-10,12-15H,2-4,11,16H2,1H3. The Morgan fingerprint density at radius 3 is 2.09 bits per heavy atom. The molecule has 118 valence electrons. The highest BCUT2D eigenvalue weighted by molar-refractivity contribution is 7.15. The lowest BCUT2D eigenvalue weighted by Gasteiger charge is -2.02. The number of nitrogens with zero attached hydrogens (tertiary/aromatic N) is 1. The zero-order valence-electron chi connectivity index (χ0n) is 13.7.